The fraction of sp³-hybridized carbons (Fsp3) is 0.684. The Labute approximate surface area is 185 Å². The van der Waals surface area contributed by atoms with Gasteiger partial charge in [-0.05, 0) is 25.2 Å². The molecule has 0 unspecified atom stereocenters. The zero-order valence-electron chi connectivity index (χ0n) is 18.1. The van der Waals surface area contributed by atoms with Crippen molar-refractivity contribution in [1.82, 2.24) is 20.9 Å². The van der Waals surface area contributed by atoms with Crippen LogP contribution in [-0.2, 0) is 28.8 Å². The highest BCUT2D eigenvalue weighted by atomic mass is 16.4. The number of carboxylic acids is 2. The van der Waals surface area contributed by atoms with Crippen molar-refractivity contribution < 1.29 is 39.0 Å². The molecule has 0 aliphatic carbocycles. The molecule has 180 valence electrons. The second-order valence-corrected chi connectivity index (χ2v) is 7.84. The predicted octanol–water partition coefficient (Wildman–Crippen LogP) is -2.37. The average Bonchev–Trinajstić information content (AvgIpc) is 3.21. The molecule has 0 aromatic rings. The van der Waals surface area contributed by atoms with Crippen LogP contribution in [0.3, 0.4) is 0 Å². The van der Waals surface area contributed by atoms with E-state index in [0.29, 0.717) is 19.4 Å². The van der Waals surface area contributed by atoms with Gasteiger partial charge in [0.2, 0.25) is 23.6 Å². The lowest BCUT2D eigenvalue weighted by Crippen LogP contribution is -2.54. The Hall–Kier alpha value is -3.22. The summed E-state index contributed by atoms with van der Waals surface area (Å²) in [6.45, 7) is 2.77. The fourth-order valence-electron chi connectivity index (χ4n) is 3.13. The third-order valence-electron chi connectivity index (χ3n) is 4.98. The predicted molar refractivity (Wildman–Crippen MR) is 110 cm³/mol. The number of nitrogens with one attached hydrogen (secondary N) is 3. The summed E-state index contributed by atoms with van der Waals surface area (Å²) in [4.78, 5) is 72.0. The van der Waals surface area contributed by atoms with E-state index in [0.717, 1.165) is 0 Å². The molecule has 1 aliphatic rings. The number of carbonyl (C=O) groups is 6. The molecule has 0 aromatic heterocycles. The van der Waals surface area contributed by atoms with E-state index >= 15 is 0 Å². The van der Waals surface area contributed by atoms with Gasteiger partial charge in [-0.1, -0.05) is 13.8 Å². The van der Waals surface area contributed by atoms with Crippen molar-refractivity contribution in [2.45, 2.75) is 57.7 Å². The lowest BCUT2D eigenvalue weighted by atomic mass is 10.0. The monoisotopic (exact) mass is 457 g/mol. The summed E-state index contributed by atoms with van der Waals surface area (Å²) in [6, 6.07) is -2.80. The first-order valence-corrected chi connectivity index (χ1v) is 10.3. The molecule has 1 heterocycles. The number of likely N-dealkylation sites (tertiary alicyclic amines) is 1. The Kier molecular flexibility index (Phi) is 10.5. The topological polar surface area (TPSA) is 208 Å². The van der Waals surface area contributed by atoms with E-state index in [2.05, 4.69) is 16.0 Å². The summed E-state index contributed by atoms with van der Waals surface area (Å²) in [5.41, 5.74) is 5.90. The van der Waals surface area contributed by atoms with Crippen LogP contribution in [0.5, 0.6) is 0 Å². The van der Waals surface area contributed by atoms with Crippen LogP contribution in [0.1, 0.15) is 39.5 Å². The highest BCUT2D eigenvalue weighted by molar-refractivity contribution is 5.94. The van der Waals surface area contributed by atoms with Gasteiger partial charge >= 0.3 is 11.9 Å². The zero-order valence-corrected chi connectivity index (χ0v) is 18.1. The van der Waals surface area contributed by atoms with Crippen LogP contribution >= 0.6 is 0 Å². The zero-order chi connectivity index (χ0) is 24.4. The van der Waals surface area contributed by atoms with Crippen LogP contribution < -0.4 is 21.7 Å². The third-order valence-corrected chi connectivity index (χ3v) is 4.98. The van der Waals surface area contributed by atoms with Gasteiger partial charge < -0.3 is 36.8 Å². The van der Waals surface area contributed by atoms with Gasteiger partial charge in [0.05, 0.1) is 12.6 Å². The van der Waals surface area contributed by atoms with Gasteiger partial charge in [0.15, 0.2) is 0 Å². The van der Waals surface area contributed by atoms with Crippen molar-refractivity contribution in [3.63, 3.8) is 0 Å². The van der Waals surface area contributed by atoms with Crippen molar-refractivity contribution in [2.24, 2.45) is 11.7 Å². The van der Waals surface area contributed by atoms with Crippen LogP contribution in [0, 0.1) is 5.92 Å². The summed E-state index contributed by atoms with van der Waals surface area (Å²) in [5, 5.41) is 24.2. The van der Waals surface area contributed by atoms with E-state index in [1.54, 1.807) is 13.8 Å². The average molecular weight is 457 g/mol. The minimum absolute atomic E-state index is 0.104. The molecule has 4 amide bonds. The van der Waals surface area contributed by atoms with E-state index in [4.69, 9.17) is 15.9 Å². The van der Waals surface area contributed by atoms with Crippen molar-refractivity contribution >= 4 is 35.6 Å². The standard InChI is InChI=1S/C19H31N5O8/c1-10(2)16(20)19(32)24-7-3-4-12(24)18(31)21-8-13(25)23-11(5-6-14(26)27)17(30)22-9-15(28)29/h10-12,16H,3-9,20H2,1-2H3,(H,21,31)(H,22,30)(H,23,25)(H,26,27)(H,28,29)/t11-,12-,16-/m0/s1. The summed E-state index contributed by atoms with van der Waals surface area (Å²) in [6.07, 6.45) is 0.330. The molecular weight excluding hydrogens is 426 g/mol. The van der Waals surface area contributed by atoms with Gasteiger partial charge in [-0.2, -0.15) is 0 Å². The molecule has 7 N–H and O–H groups in total. The van der Waals surface area contributed by atoms with Gasteiger partial charge in [-0.25, -0.2) is 0 Å². The Morgan fingerprint density at radius 2 is 1.69 bits per heavy atom. The summed E-state index contributed by atoms with van der Waals surface area (Å²) < 4.78 is 0. The minimum atomic E-state index is -1.30. The second-order valence-electron chi connectivity index (χ2n) is 7.84. The largest absolute Gasteiger partial charge is 0.481 e. The molecule has 1 fully saturated rings. The smallest absolute Gasteiger partial charge is 0.322 e. The van der Waals surface area contributed by atoms with E-state index < -0.39 is 67.3 Å². The van der Waals surface area contributed by atoms with E-state index in [1.807, 2.05) is 0 Å². The van der Waals surface area contributed by atoms with Crippen LogP contribution in [0.4, 0.5) is 0 Å². The van der Waals surface area contributed by atoms with Gasteiger partial charge in [-0.3, -0.25) is 28.8 Å². The normalized spacial score (nSPS) is 17.4. The molecular formula is C19H31N5O8. The summed E-state index contributed by atoms with van der Waals surface area (Å²) in [5.74, 6) is -5.12. The van der Waals surface area contributed by atoms with Gasteiger partial charge in [-0.15, -0.1) is 0 Å². The number of nitrogens with two attached hydrogens (primary N) is 1. The fourth-order valence-corrected chi connectivity index (χ4v) is 3.13. The number of carboxylic acid groups (broad SMARTS) is 2. The van der Waals surface area contributed by atoms with Crippen molar-refractivity contribution in [2.75, 3.05) is 19.6 Å². The first-order valence-electron chi connectivity index (χ1n) is 10.3. The third kappa shape index (κ3) is 8.49. The Morgan fingerprint density at radius 1 is 1.03 bits per heavy atom. The lowest BCUT2D eigenvalue weighted by molar-refractivity contribution is -0.140. The maximum absolute atomic E-state index is 12.5. The molecule has 13 nitrogen and oxygen atoms in total. The molecule has 0 radical (unpaired) electrons. The number of rotatable bonds is 12. The lowest BCUT2D eigenvalue weighted by Gasteiger charge is -2.28. The molecule has 0 bridgehead atoms. The van der Waals surface area contributed by atoms with Gasteiger partial charge in [0.1, 0.15) is 18.6 Å². The molecule has 1 rings (SSSR count). The highest BCUT2D eigenvalue weighted by Gasteiger charge is 2.37. The minimum Gasteiger partial charge on any atom is -0.481 e. The quantitative estimate of drug-likeness (QED) is 0.185. The maximum atomic E-state index is 12.5. The molecule has 0 aromatic carbocycles. The summed E-state index contributed by atoms with van der Waals surface area (Å²) in [7, 11) is 0. The molecule has 1 saturated heterocycles. The van der Waals surface area contributed by atoms with E-state index in [1.165, 1.54) is 4.90 Å². The Morgan fingerprint density at radius 3 is 2.25 bits per heavy atom. The second kappa shape index (κ2) is 12.6. The molecule has 13 heteroatoms. The van der Waals surface area contributed by atoms with Gasteiger partial charge in [0, 0.05) is 13.0 Å². The van der Waals surface area contributed by atoms with Crippen LogP contribution in [0.2, 0.25) is 0 Å². The number of hydrogen-bond acceptors (Lipinski definition) is 7. The SMILES string of the molecule is CC(C)[C@H](N)C(=O)N1CCC[C@H]1C(=O)NCC(=O)N[C@@H](CCC(=O)O)C(=O)NCC(=O)O. The highest BCUT2D eigenvalue weighted by Crippen LogP contribution is 2.19. The van der Waals surface area contributed by atoms with Crippen LogP contribution in [-0.4, -0.2) is 88.4 Å². The first kappa shape index (κ1) is 26.8. The van der Waals surface area contributed by atoms with Crippen molar-refractivity contribution in [3.05, 3.63) is 0 Å². The maximum Gasteiger partial charge on any atom is 0.322 e. The van der Waals surface area contributed by atoms with E-state index in [-0.39, 0.29) is 18.2 Å². The van der Waals surface area contributed by atoms with Gasteiger partial charge in [0.25, 0.3) is 0 Å². The summed E-state index contributed by atoms with van der Waals surface area (Å²) >= 11 is 0. The Bertz CT molecular complexity index is 741. The van der Waals surface area contributed by atoms with Crippen molar-refractivity contribution in [1.29, 1.82) is 0 Å². The number of amides is 4. The number of hydrogen-bond donors (Lipinski definition) is 6. The van der Waals surface area contributed by atoms with Crippen LogP contribution in [0.25, 0.3) is 0 Å². The molecule has 3 atom stereocenters. The van der Waals surface area contributed by atoms with Crippen molar-refractivity contribution in [3.8, 4) is 0 Å². The Balaban J connectivity index is 2.65. The number of carbonyl (C=O) groups excluding carboxylic acids is 4. The van der Waals surface area contributed by atoms with E-state index in [9.17, 15) is 28.8 Å². The van der Waals surface area contributed by atoms with Crippen LogP contribution in [0.15, 0.2) is 0 Å². The number of aliphatic carboxylic acids is 2. The number of nitrogens with zero attached hydrogens (tertiary/aromatic N) is 1. The molecule has 0 saturated carbocycles. The molecule has 32 heavy (non-hydrogen) atoms. The molecule has 1 aliphatic heterocycles. The molecule has 0 spiro atoms. The first-order chi connectivity index (χ1) is 14.9.